The summed E-state index contributed by atoms with van der Waals surface area (Å²) in [7, 11) is -3.99. The van der Waals surface area contributed by atoms with Crippen molar-refractivity contribution in [2.45, 2.75) is 44.4 Å². The van der Waals surface area contributed by atoms with E-state index in [1.54, 1.807) is 17.0 Å². The van der Waals surface area contributed by atoms with Gasteiger partial charge < -0.3 is 14.7 Å². The molecule has 1 saturated heterocycles. The topological polar surface area (TPSA) is 116 Å². The molecule has 1 aliphatic heterocycles. The molecule has 0 saturated carbocycles. The van der Waals surface area contributed by atoms with E-state index in [4.69, 9.17) is 9.84 Å². The van der Waals surface area contributed by atoms with E-state index in [1.165, 1.54) is 30.3 Å². The number of rotatable bonds is 8. The highest BCUT2D eigenvalue weighted by Crippen LogP contribution is 2.26. The number of carbonyl (C=O) groups is 2. The number of amides is 1. The van der Waals surface area contributed by atoms with Gasteiger partial charge in [-0.1, -0.05) is 30.3 Å². The van der Waals surface area contributed by atoms with E-state index in [-0.39, 0.29) is 23.1 Å². The van der Waals surface area contributed by atoms with Crippen LogP contribution in [0.3, 0.4) is 0 Å². The van der Waals surface area contributed by atoms with Gasteiger partial charge in [0.25, 0.3) is 0 Å². The zero-order valence-corrected chi connectivity index (χ0v) is 24.1. The summed E-state index contributed by atoms with van der Waals surface area (Å²) in [5, 5.41) is 9.15. The van der Waals surface area contributed by atoms with Crippen molar-refractivity contribution in [3.05, 3.63) is 89.2 Å². The van der Waals surface area contributed by atoms with Gasteiger partial charge in [0.1, 0.15) is 11.4 Å². The Kier molecular flexibility index (Phi) is 9.11. The second kappa shape index (κ2) is 12.4. The van der Waals surface area contributed by atoms with Crippen LogP contribution in [0.25, 0.3) is 11.1 Å². The lowest BCUT2D eigenvalue weighted by atomic mass is 10.00. The van der Waals surface area contributed by atoms with Gasteiger partial charge >= 0.3 is 12.1 Å². The number of carbonyl (C=O) groups excluding carboxylic acids is 1. The van der Waals surface area contributed by atoms with E-state index in [0.29, 0.717) is 49.4 Å². The summed E-state index contributed by atoms with van der Waals surface area (Å²) >= 11 is 0. The van der Waals surface area contributed by atoms with Crippen LogP contribution in [0, 0.1) is 5.82 Å². The predicted octanol–water partition coefficient (Wildman–Crippen LogP) is 4.72. The van der Waals surface area contributed by atoms with Gasteiger partial charge in [-0.15, -0.1) is 0 Å². The third-order valence-corrected chi connectivity index (χ3v) is 7.96. The molecule has 11 heteroatoms. The first-order valence-corrected chi connectivity index (χ1v) is 14.7. The van der Waals surface area contributed by atoms with Crippen LogP contribution < -0.4 is 4.72 Å². The summed E-state index contributed by atoms with van der Waals surface area (Å²) in [6, 6.07) is 17.0. The molecule has 0 aliphatic carbocycles. The Morgan fingerprint density at radius 2 is 1.66 bits per heavy atom. The number of halogens is 1. The second-order valence-corrected chi connectivity index (χ2v) is 12.7. The number of carboxylic acid groups (broad SMARTS) is 1. The van der Waals surface area contributed by atoms with Crippen molar-refractivity contribution in [2.75, 3.05) is 26.2 Å². The molecule has 1 fully saturated rings. The van der Waals surface area contributed by atoms with Crippen LogP contribution in [0.15, 0.2) is 71.6 Å². The van der Waals surface area contributed by atoms with Crippen molar-refractivity contribution >= 4 is 22.1 Å². The lowest BCUT2D eigenvalue weighted by Gasteiger charge is -2.35. The molecule has 1 amide bonds. The van der Waals surface area contributed by atoms with Gasteiger partial charge in [-0.2, -0.15) is 0 Å². The molecule has 4 rings (SSSR count). The van der Waals surface area contributed by atoms with Crippen LogP contribution in [0.2, 0.25) is 0 Å². The van der Waals surface area contributed by atoms with Gasteiger partial charge in [0.15, 0.2) is 0 Å². The van der Waals surface area contributed by atoms with Gasteiger partial charge in [-0.25, -0.2) is 27.1 Å². The van der Waals surface area contributed by atoms with E-state index >= 15 is 0 Å². The fourth-order valence-corrected chi connectivity index (χ4v) is 5.54. The van der Waals surface area contributed by atoms with Gasteiger partial charge in [-0.05, 0) is 73.9 Å². The lowest BCUT2D eigenvalue weighted by molar-refractivity contribution is 0.0139. The van der Waals surface area contributed by atoms with Crippen molar-refractivity contribution in [3.63, 3.8) is 0 Å². The average Bonchev–Trinajstić information content (AvgIpc) is 2.92. The average molecular weight is 584 g/mol. The molecule has 1 aliphatic rings. The molecule has 2 N–H and O–H groups in total. The summed E-state index contributed by atoms with van der Waals surface area (Å²) in [6.45, 7) is 8.53. The normalized spacial score (nSPS) is 14.6. The molecule has 0 aromatic heterocycles. The minimum absolute atomic E-state index is 0.103. The first-order valence-electron chi connectivity index (χ1n) is 13.2. The summed E-state index contributed by atoms with van der Waals surface area (Å²) in [4.78, 5) is 27.3. The van der Waals surface area contributed by atoms with E-state index in [2.05, 4.69) is 9.62 Å². The summed E-state index contributed by atoms with van der Waals surface area (Å²) in [6.07, 6.45) is -0.314. The van der Waals surface area contributed by atoms with E-state index in [9.17, 15) is 22.4 Å². The number of hydrogen-bond acceptors (Lipinski definition) is 6. The lowest BCUT2D eigenvalue weighted by Crippen LogP contribution is -2.49. The Bertz CT molecular complexity index is 1530. The first-order chi connectivity index (χ1) is 19.3. The Morgan fingerprint density at radius 1 is 0.951 bits per heavy atom. The minimum Gasteiger partial charge on any atom is -0.478 e. The Labute approximate surface area is 239 Å². The SMILES string of the molecule is CC(C)(C)OC(=O)N1CCN(Cc2cccc(-c3cc(CNS(=O)(=O)c4cccc(C(=O)O)c4)ccc3F)c2)CC1. The zero-order valence-electron chi connectivity index (χ0n) is 23.3. The molecule has 0 radical (unpaired) electrons. The molecule has 1 heterocycles. The smallest absolute Gasteiger partial charge is 0.410 e. The number of piperazine rings is 1. The van der Waals surface area contributed by atoms with Gasteiger partial charge in [0, 0.05) is 44.8 Å². The molecule has 0 bridgehead atoms. The van der Waals surface area contributed by atoms with Crippen LogP contribution in [-0.4, -0.2) is 67.2 Å². The number of hydrogen-bond donors (Lipinski definition) is 2. The molecule has 41 heavy (non-hydrogen) atoms. The van der Waals surface area contributed by atoms with E-state index < -0.39 is 27.4 Å². The van der Waals surface area contributed by atoms with Crippen molar-refractivity contribution in [1.29, 1.82) is 0 Å². The quantitative estimate of drug-likeness (QED) is 0.394. The minimum atomic E-state index is -3.99. The van der Waals surface area contributed by atoms with Crippen molar-refractivity contribution in [1.82, 2.24) is 14.5 Å². The fraction of sp³-hybridized carbons (Fsp3) is 0.333. The van der Waals surface area contributed by atoms with Crippen LogP contribution >= 0.6 is 0 Å². The molecule has 3 aromatic rings. The highest BCUT2D eigenvalue weighted by Gasteiger charge is 2.26. The van der Waals surface area contributed by atoms with Crippen LogP contribution in [0.4, 0.5) is 9.18 Å². The maximum absolute atomic E-state index is 14.9. The molecule has 0 spiro atoms. The summed E-state index contributed by atoms with van der Waals surface area (Å²) in [5.41, 5.74) is 1.85. The third-order valence-electron chi connectivity index (χ3n) is 6.56. The van der Waals surface area contributed by atoms with E-state index in [0.717, 1.165) is 11.6 Å². The largest absolute Gasteiger partial charge is 0.478 e. The van der Waals surface area contributed by atoms with E-state index in [1.807, 2.05) is 39.0 Å². The monoisotopic (exact) mass is 583 g/mol. The van der Waals surface area contributed by atoms with Crippen molar-refractivity contribution in [3.8, 4) is 11.1 Å². The number of benzene rings is 3. The number of ether oxygens (including phenoxy) is 1. The number of aromatic carboxylic acids is 1. The number of sulfonamides is 1. The van der Waals surface area contributed by atoms with Gasteiger partial charge in [-0.3, -0.25) is 4.90 Å². The highest BCUT2D eigenvalue weighted by molar-refractivity contribution is 7.89. The first kappa shape index (κ1) is 30.2. The number of nitrogens with one attached hydrogen (secondary N) is 1. The zero-order chi connectivity index (χ0) is 29.8. The molecular formula is C30H34FN3O6S. The van der Waals surface area contributed by atoms with Crippen LogP contribution in [0.5, 0.6) is 0 Å². The fourth-order valence-electron chi connectivity index (χ4n) is 4.47. The van der Waals surface area contributed by atoms with Crippen molar-refractivity contribution < 1.29 is 32.2 Å². The van der Waals surface area contributed by atoms with Gasteiger partial charge in [0.2, 0.25) is 10.0 Å². The maximum atomic E-state index is 14.9. The molecule has 9 nitrogen and oxygen atoms in total. The molecule has 218 valence electrons. The molecule has 0 unspecified atom stereocenters. The summed E-state index contributed by atoms with van der Waals surface area (Å²) in [5.74, 6) is -1.66. The molecular weight excluding hydrogens is 549 g/mol. The number of nitrogens with zero attached hydrogens (tertiary/aromatic N) is 2. The Balaban J connectivity index is 1.41. The summed E-state index contributed by atoms with van der Waals surface area (Å²) < 4.78 is 48.3. The Hall–Kier alpha value is -3.80. The highest BCUT2D eigenvalue weighted by atomic mass is 32.2. The van der Waals surface area contributed by atoms with Gasteiger partial charge in [0.05, 0.1) is 10.5 Å². The standard InChI is InChI=1S/C30H34FN3O6S/c1-30(2,3)40-29(37)34-14-12-33(13-15-34)20-22-6-4-7-23(16-22)26-17-21(10-11-27(26)31)19-32-41(38,39)25-9-5-8-24(18-25)28(35)36/h4-11,16-18,32H,12-15,19-20H2,1-3H3,(H,35,36). The second-order valence-electron chi connectivity index (χ2n) is 10.9. The molecule has 3 aromatic carbocycles. The maximum Gasteiger partial charge on any atom is 0.410 e. The van der Waals surface area contributed by atoms with Crippen LogP contribution in [0.1, 0.15) is 42.3 Å². The van der Waals surface area contributed by atoms with Crippen LogP contribution in [-0.2, 0) is 27.8 Å². The molecule has 0 atom stereocenters. The number of carboxylic acids is 1. The van der Waals surface area contributed by atoms with Crippen molar-refractivity contribution in [2.24, 2.45) is 0 Å². The Morgan fingerprint density at radius 3 is 2.34 bits per heavy atom. The predicted molar refractivity (Wildman–Crippen MR) is 152 cm³/mol. The third kappa shape index (κ3) is 8.12.